The van der Waals surface area contributed by atoms with Gasteiger partial charge in [-0.05, 0) is 25.1 Å². The highest BCUT2D eigenvalue weighted by Gasteiger charge is 2.19. The predicted molar refractivity (Wildman–Crippen MR) is 82.8 cm³/mol. The van der Waals surface area contributed by atoms with Crippen molar-refractivity contribution in [1.82, 2.24) is 19.1 Å². The topological polar surface area (TPSA) is 35.6 Å². The second-order valence-electron chi connectivity index (χ2n) is 5.37. The highest BCUT2D eigenvalue weighted by molar-refractivity contribution is 5.79. The van der Waals surface area contributed by atoms with E-state index >= 15 is 0 Å². The van der Waals surface area contributed by atoms with Crippen LogP contribution in [0.2, 0.25) is 0 Å². The quantitative estimate of drug-likeness (QED) is 0.559. The first-order valence-electron chi connectivity index (χ1n) is 7.17. The molecule has 4 rings (SSSR count). The second kappa shape index (κ2) is 5.23. The van der Waals surface area contributed by atoms with Gasteiger partial charge in [-0.25, -0.2) is 13.8 Å². The third-order valence-electron chi connectivity index (χ3n) is 3.92. The first-order valence-corrected chi connectivity index (χ1v) is 7.17. The smallest absolute Gasteiger partial charge is 0.294 e. The summed E-state index contributed by atoms with van der Waals surface area (Å²) >= 11 is 0. The number of imidazole rings is 2. The van der Waals surface area contributed by atoms with E-state index in [0.29, 0.717) is 5.69 Å². The zero-order valence-corrected chi connectivity index (χ0v) is 12.5. The summed E-state index contributed by atoms with van der Waals surface area (Å²) in [5.41, 5.74) is 0.804. The Labute approximate surface area is 134 Å². The van der Waals surface area contributed by atoms with Crippen molar-refractivity contribution in [3.05, 3.63) is 72.3 Å². The molecule has 0 saturated carbocycles. The first-order chi connectivity index (χ1) is 11.6. The molecule has 0 unspecified atom stereocenters. The Hall–Kier alpha value is -3.09. The molecule has 0 N–H and O–H groups in total. The molecule has 2 aromatic carbocycles. The van der Waals surface area contributed by atoms with E-state index < -0.39 is 17.7 Å². The van der Waals surface area contributed by atoms with Crippen molar-refractivity contribution in [2.45, 2.75) is 6.92 Å². The van der Waals surface area contributed by atoms with Crippen LogP contribution in [0.15, 0.2) is 49.1 Å². The molecule has 24 heavy (non-hydrogen) atoms. The van der Waals surface area contributed by atoms with Crippen LogP contribution in [0, 0.1) is 24.6 Å². The van der Waals surface area contributed by atoms with Gasteiger partial charge in [0, 0.05) is 29.7 Å². The Bertz CT molecular complexity index is 1050. The minimum atomic E-state index is -0.906. The zero-order chi connectivity index (χ0) is 16.8. The van der Waals surface area contributed by atoms with E-state index in [2.05, 4.69) is 9.97 Å². The second-order valence-corrected chi connectivity index (χ2v) is 5.37. The monoisotopic (exact) mass is 328 g/mol. The van der Waals surface area contributed by atoms with E-state index in [9.17, 15) is 13.2 Å². The Morgan fingerprint density at radius 3 is 2.58 bits per heavy atom. The summed E-state index contributed by atoms with van der Waals surface area (Å²) in [5, 5.41) is 0. The van der Waals surface area contributed by atoms with E-state index in [-0.39, 0.29) is 16.6 Å². The molecule has 0 atom stereocenters. The molecule has 2 heterocycles. The summed E-state index contributed by atoms with van der Waals surface area (Å²) < 4.78 is 45.3. The van der Waals surface area contributed by atoms with Crippen molar-refractivity contribution < 1.29 is 13.2 Å². The van der Waals surface area contributed by atoms with Gasteiger partial charge in [0.25, 0.3) is 6.08 Å². The number of halogens is 3. The Morgan fingerprint density at radius 2 is 1.83 bits per heavy atom. The lowest BCUT2D eigenvalue weighted by Crippen LogP contribution is -2.00. The summed E-state index contributed by atoms with van der Waals surface area (Å²) in [4.78, 5) is 7.58. The molecule has 0 radical (unpaired) electrons. The maximum absolute atomic E-state index is 14.4. The molecular weight excluding hydrogens is 317 g/mol. The molecule has 0 fully saturated rings. The number of rotatable bonds is 2. The normalized spacial score (nSPS) is 11.3. The van der Waals surface area contributed by atoms with E-state index in [1.165, 1.54) is 6.92 Å². The third-order valence-corrected chi connectivity index (χ3v) is 3.92. The van der Waals surface area contributed by atoms with Gasteiger partial charge in [-0.15, -0.1) is 0 Å². The fraction of sp³-hybridized carbons (Fsp3) is 0.0588. The van der Waals surface area contributed by atoms with E-state index in [1.807, 2.05) is 6.07 Å². The molecular formula is C17H11F3N4. The molecule has 0 aliphatic rings. The molecule has 0 bridgehead atoms. The summed E-state index contributed by atoms with van der Waals surface area (Å²) in [5.74, 6) is -1.60. The van der Waals surface area contributed by atoms with Crippen molar-refractivity contribution in [3.8, 4) is 11.4 Å². The summed E-state index contributed by atoms with van der Waals surface area (Å²) in [6.45, 7) is 1.29. The van der Waals surface area contributed by atoms with Crippen molar-refractivity contribution >= 4 is 11.0 Å². The van der Waals surface area contributed by atoms with Gasteiger partial charge in [0.05, 0.1) is 17.5 Å². The average Bonchev–Trinajstić information content (AvgIpc) is 3.21. The Balaban J connectivity index is 1.97. The maximum atomic E-state index is 14.4. The van der Waals surface area contributed by atoms with Crippen LogP contribution in [0.5, 0.6) is 0 Å². The molecule has 0 aliphatic heterocycles. The molecule has 4 nitrogen and oxygen atoms in total. The van der Waals surface area contributed by atoms with Crippen molar-refractivity contribution in [2.24, 2.45) is 0 Å². The fourth-order valence-electron chi connectivity index (χ4n) is 2.66. The molecule has 4 aromatic rings. The number of aromatic nitrogens is 4. The SMILES string of the molecule is Cc1c(F)cc2c(nc(F)n2-c2cccc(-n3ccnc3)c2)c1F. The number of nitrogens with zero attached hydrogens (tertiary/aromatic N) is 4. The Kier molecular flexibility index (Phi) is 3.16. The largest absolute Gasteiger partial charge is 0.306 e. The van der Waals surface area contributed by atoms with E-state index in [0.717, 1.165) is 16.3 Å². The lowest BCUT2D eigenvalue weighted by Gasteiger charge is -2.09. The van der Waals surface area contributed by atoms with Gasteiger partial charge < -0.3 is 4.57 Å². The van der Waals surface area contributed by atoms with Gasteiger partial charge in [0.2, 0.25) is 0 Å². The van der Waals surface area contributed by atoms with Crippen LogP contribution in [-0.4, -0.2) is 19.1 Å². The van der Waals surface area contributed by atoms with Crippen molar-refractivity contribution in [2.75, 3.05) is 0 Å². The highest BCUT2D eigenvalue weighted by Crippen LogP contribution is 2.27. The predicted octanol–water partition coefficient (Wildman–Crippen LogP) is 3.94. The molecule has 7 heteroatoms. The van der Waals surface area contributed by atoms with Gasteiger partial charge in [-0.3, -0.25) is 4.57 Å². The zero-order valence-electron chi connectivity index (χ0n) is 12.5. The van der Waals surface area contributed by atoms with Crippen LogP contribution < -0.4 is 0 Å². The number of hydrogen-bond acceptors (Lipinski definition) is 2. The molecule has 0 amide bonds. The summed E-state index contributed by atoms with van der Waals surface area (Å²) in [6.07, 6.45) is 4.05. The van der Waals surface area contributed by atoms with Gasteiger partial charge >= 0.3 is 0 Å². The van der Waals surface area contributed by atoms with Gasteiger partial charge in [0.15, 0.2) is 5.82 Å². The van der Waals surface area contributed by atoms with E-state index in [1.54, 1.807) is 41.5 Å². The van der Waals surface area contributed by atoms with Crippen LogP contribution in [0.3, 0.4) is 0 Å². The minimum absolute atomic E-state index is 0.0379. The summed E-state index contributed by atoms with van der Waals surface area (Å²) in [6, 6.07) is 7.94. The third kappa shape index (κ3) is 2.09. The molecule has 0 saturated heterocycles. The standard InChI is InChI=1S/C17H11F3N4/c1-10-13(18)8-14-16(15(10)19)22-17(20)24(14)12-4-2-3-11(7-12)23-6-5-21-9-23/h2-9H,1H3. The maximum Gasteiger partial charge on any atom is 0.294 e. The first kappa shape index (κ1) is 14.5. The van der Waals surface area contributed by atoms with Crippen molar-refractivity contribution in [3.63, 3.8) is 0 Å². The molecule has 120 valence electrons. The molecule has 0 spiro atoms. The number of benzene rings is 2. The van der Waals surface area contributed by atoms with Crippen LogP contribution >= 0.6 is 0 Å². The van der Waals surface area contributed by atoms with Crippen LogP contribution in [0.1, 0.15) is 5.56 Å². The van der Waals surface area contributed by atoms with Gasteiger partial charge in [-0.1, -0.05) is 6.07 Å². The molecule has 2 aromatic heterocycles. The lowest BCUT2D eigenvalue weighted by atomic mass is 10.2. The van der Waals surface area contributed by atoms with Gasteiger partial charge in [0.1, 0.15) is 11.3 Å². The van der Waals surface area contributed by atoms with Crippen molar-refractivity contribution in [1.29, 1.82) is 0 Å². The molecule has 0 aliphatic carbocycles. The lowest BCUT2D eigenvalue weighted by molar-refractivity contribution is 0.527. The number of fused-ring (bicyclic) bond motifs is 1. The van der Waals surface area contributed by atoms with E-state index in [4.69, 9.17) is 0 Å². The minimum Gasteiger partial charge on any atom is -0.306 e. The van der Waals surface area contributed by atoms with Crippen LogP contribution in [0.25, 0.3) is 22.4 Å². The summed E-state index contributed by atoms with van der Waals surface area (Å²) in [7, 11) is 0. The highest BCUT2D eigenvalue weighted by atomic mass is 19.1. The average molecular weight is 328 g/mol. The number of hydrogen-bond donors (Lipinski definition) is 0. The van der Waals surface area contributed by atoms with Crippen LogP contribution in [-0.2, 0) is 0 Å². The Morgan fingerprint density at radius 1 is 1.04 bits per heavy atom. The van der Waals surface area contributed by atoms with Gasteiger partial charge in [-0.2, -0.15) is 9.37 Å². The van der Waals surface area contributed by atoms with Crippen LogP contribution in [0.4, 0.5) is 13.2 Å². The fourth-order valence-corrected chi connectivity index (χ4v) is 2.66.